The monoisotopic (exact) mass is 369 g/mol. The Hall–Kier alpha value is -1.56. The third-order valence-electron chi connectivity index (χ3n) is 4.08. The maximum absolute atomic E-state index is 11.9. The highest BCUT2D eigenvalue weighted by atomic mass is 79.9. The minimum absolute atomic E-state index is 0.127. The van der Waals surface area contributed by atoms with E-state index in [4.69, 9.17) is 4.74 Å². The predicted octanol–water partition coefficient (Wildman–Crippen LogP) is 2.98. The fourth-order valence-corrected chi connectivity index (χ4v) is 3.12. The molecule has 0 heterocycles. The maximum Gasteiger partial charge on any atom is 0.311 e. The molecule has 0 atom stereocenters. The lowest BCUT2D eigenvalue weighted by Gasteiger charge is -2.33. The fourth-order valence-electron chi connectivity index (χ4n) is 2.72. The van der Waals surface area contributed by atoms with Gasteiger partial charge in [-0.3, -0.25) is 9.59 Å². The molecule has 1 amide bonds. The van der Waals surface area contributed by atoms with E-state index in [1.165, 1.54) is 0 Å². The number of rotatable bonds is 6. The summed E-state index contributed by atoms with van der Waals surface area (Å²) in [4.78, 5) is 23.4. The van der Waals surface area contributed by atoms with Crippen molar-refractivity contribution >= 4 is 27.8 Å². The summed E-state index contributed by atoms with van der Waals surface area (Å²) in [6, 6.07) is 7.27. The van der Waals surface area contributed by atoms with Crippen LogP contribution in [0.4, 0.5) is 0 Å². The Bertz CT molecular complexity index is 541. The molecule has 120 valence electrons. The van der Waals surface area contributed by atoms with Gasteiger partial charge in [-0.1, -0.05) is 31.4 Å². The molecule has 0 unspecified atom stereocenters. The van der Waals surface area contributed by atoms with E-state index in [2.05, 4.69) is 21.2 Å². The number of para-hydroxylation sites is 1. The summed E-state index contributed by atoms with van der Waals surface area (Å²) in [5, 5.41) is 12.2. The second kappa shape index (κ2) is 7.63. The van der Waals surface area contributed by atoms with Crippen LogP contribution in [-0.4, -0.2) is 30.1 Å². The Morgan fingerprint density at radius 2 is 1.91 bits per heavy atom. The summed E-state index contributed by atoms with van der Waals surface area (Å²) in [6.45, 7) is 0.0405. The van der Waals surface area contributed by atoms with Gasteiger partial charge < -0.3 is 15.2 Å². The van der Waals surface area contributed by atoms with Gasteiger partial charge in [-0.2, -0.15) is 0 Å². The third kappa shape index (κ3) is 4.22. The summed E-state index contributed by atoms with van der Waals surface area (Å²) < 4.78 is 6.20. The average Bonchev–Trinajstić information content (AvgIpc) is 2.53. The lowest BCUT2D eigenvalue weighted by atomic mass is 9.74. The first-order chi connectivity index (χ1) is 10.5. The van der Waals surface area contributed by atoms with E-state index in [1.807, 2.05) is 18.2 Å². The van der Waals surface area contributed by atoms with Crippen LogP contribution in [0.2, 0.25) is 0 Å². The van der Waals surface area contributed by atoms with Crippen LogP contribution in [0.25, 0.3) is 0 Å². The van der Waals surface area contributed by atoms with E-state index >= 15 is 0 Å². The van der Waals surface area contributed by atoms with Gasteiger partial charge >= 0.3 is 5.97 Å². The lowest BCUT2D eigenvalue weighted by molar-refractivity contribution is -0.151. The van der Waals surface area contributed by atoms with Crippen LogP contribution >= 0.6 is 15.9 Å². The Labute approximate surface area is 138 Å². The van der Waals surface area contributed by atoms with E-state index in [9.17, 15) is 14.7 Å². The van der Waals surface area contributed by atoms with Gasteiger partial charge in [0, 0.05) is 6.54 Å². The Morgan fingerprint density at radius 1 is 1.23 bits per heavy atom. The highest BCUT2D eigenvalue weighted by Gasteiger charge is 2.39. The third-order valence-corrected chi connectivity index (χ3v) is 4.74. The maximum atomic E-state index is 11.9. The number of amides is 1. The molecule has 1 fully saturated rings. The van der Waals surface area contributed by atoms with Gasteiger partial charge in [0.05, 0.1) is 9.89 Å². The number of carbonyl (C=O) groups is 2. The van der Waals surface area contributed by atoms with E-state index in [0.29, 0.717) is 18.6 Å². The van der Waals surface area contributed by atoms with Gasteiger partial charge in [-0.15, -0.1) is 0 Å². The Morgan fingerprint density at radius 3 is 2.55 bits per heavy atom. The number of hydrogen-bond acceptors (Lipinski definition) is 3. The molecule has 0 spiro atoms. The van der Waals surface area contributed by atoms with Crippen molar-refractivity contribution in [3.63, 3.8) is 0 Å². The topological polar surface area (TPSA) is 75.6 Å². The van der Waals surface area contributed by atoms with E-state index in [1.54, 1.807) is 6.07 Å². The van der Waals surface area contributed by atoms with Crippen LogP contribution in [0.5, 0.6) is 5.75 Å². The SMILES string of the molecule is O=C(COc1ccccc1Br)NCC1(C(=O)O)CCCCC1. The summed E-state index contributed by atoms with van der Waals surface area (Å²) >= 11 is 3.34. The minimum atomic E-state index is -0.820. The van der Waals surface area contributed by atoms with Gasteiger partial charge in [-0.05, 0) is 40.9 Å². The van der Waals surface area contributed by atoms with Crippen LogP contribution in [0.1, 0.15) is 32.1 Å². The number of aliphatic carboxylic acids is 1. The number of ether oxygens (including phenoxy) is 1. The Balaban J connectivity index is 1.84. The van der Waals surface area contributed by atoms with E-state index in [-0.39, 0.29) is 19.1 Å². The van der Waals surface area contributed by atoms with Crippen molar-refractivity contribution < 1.29 is 19.4 Å². The van der Waals surface area contributed by atoms with Gasteiger partial charge in [-0.25, -0.2) is 0 Å². The summed E-state index contributed by atoms with van der Waals surface area (Å²) in [6.07, 6.45) is 4.10. The van der Waals surface area contributed by atoms with Crippen LogP contribution in [0.15, 0.2) is 28.7 Å². The highest BCUT2D eigenvalue weighted by Crippen LogP contribution is 2.36. The molecule has 2 rings (SSSR count). The second-order valence-electron chi connectivity index (χ2n) is 5.64. The molecular formula is C16H20BrNO4. The molecule has 0 aromatic heterocycles. The van der Waals surface area contributed by atoms with Crippen LogP contribution in [0.3, 0.4) is 0 Å². The summed E-state index contributed by atoms with van der Waals surface area (Å²) in [7, 11) is 0. The largest absolute Gasteiger partial charge is 0.483 e. The zero-order valence-electron chi connectivity index (χ0n) is 12.3. The van der Waals surface area contributed by atoms with Crippen molar-refractivity contribution in [1.82, 2.24) is 5.32 Å². The lowest BCUT2D eigenvalue weighted by Crippen LogP contribution is -2.45. The first-order valence-electron chi connectivity index (χ1n) is 7.41. The van der Waals surface area contributed by atoms with Gasteiger partial charge in [0.25, 0.3) is 5.91 Å². The number of nitrogens with one attached hydrogen (secondary N) is 1. The number of carboxylic acids is 1. The standard InChI is InChI=1S/C16H20BrNO4/c17-12-6-2-3-7-13(12)22-10-14(19)18-11-16(15(20)21)8-4-1-5-9-16/h2-3,6-7H,1,4-5,8-11H2,(H,18,19)(H,20,21). The smallest absolute Gasteiger partial charge is 0.311 e. The van der Waals surface area contributed by atoms with Crippen molar-refractivity contribution in [2.75, 3.05) is 13.2 Å². The highest BCUT2D eigenvalue weighted by molar-refractivity contribution is 9.10. The molecule has 1 aliphatic carbocycles. The molecule has 1 aromatic carbocycles. The molecule has 0 radical (unpaired) electrons. The molecule has 0 aliphatic heterocycles. The molecule has 6 heteroatoms. The van der Waals surface area contributed by atoms with Crippen LogP contribution in [-0.2, 0) is 9.59 Å². The number of benzene rings is 1. The molecule has 22 heavy (non-hydrogen) atoms. The summed E-state index contributed by atoms with van der Waals surface area (Å²) in [5.41, 5.74) is -0.818. The first kappa shape index (κ1) is 16.8. The molecular weight excluding hydrogens is 350 g/mol. The molecule has 0 bridgehead atoms. The summed E-state index contributed by atoms with van der Waals surface area (Å²) in [5.74, 6) is -0.538. The second-order valence-corrected chi connectivity index (χ2v) is 6.50. The van der Waals surface area contributed by atoms with Crippen molar-refractivity contribution in [3.05, 3.63) is 28.7 Å². The van der Waals surface area contributed by atoms with Crippen LogP contribution < -0.4 is 10.1 Å². The van der Waals surface area contributed by atoms with Gasteiger partial charge in [0.2, 0.25) is 0 Å². The molecule has 1 aliphatic rings. The normalized spacial score (nSPS) is 16.8. The van der Waals surface area contributed by atoms with Crippen molar-refractivity contribution in [1.29, 1.82) is 0 Å². The predicted molar refractivity (Wildman–Crippen MR) is 85.8 cm³/mol. The van der Waals surface area contributed by atoms with E-state index in [0.717, 1.165) is 23.7 Å². The fraction of sp³-hybridized carbons (Fsp3) is 0.500. The molecule has 1 saturated carbocycles. The average molecular weight is 370 g/mol. The van der Waals surface area contributed by atoms with Crippen molar-refractivity contribution in [2.24, 2.45) is 5.41 Å². The number of carboxylic acid groups (broad SMARTS) is 1. The van der Waals surface area contributed by atoms with Gasteiger partial charge in [0.1, 0.15) is 5.75 Å². The zero-order valence-corrected chi connectivity index (χ0v) is 13.9. The number of hydrogen-bond donors (Lipinski definition) is 2. The molecule has 0 saturated heterocycles. The quantitative estimate of drug-likeness (QED) is 0.807. The number of halogens is 1. The Kier molecular flexibility index (Phi) is 5.83. The van der Waals surface area contributed by atoms with Gasteiger partial charge in [0.15, 0.2) is 6.61 Å². The van der Waals surface area contributed by atoms with Crippen LogP contribution in [0, 0.1) is 5.41 Å². The molecule has 2 N–H and O–H groups in total. The van der Waals surface area contributed by atoms with Crippen molar-refractivity contribution in [3.8, 4) is 5.75 Å². The minimum Gasteiger partial charge on any atom is -0.483 e. The first-order valence-corrected chi connectivity index (χ1v) is 8.20. The van der Waals surface area contributed by atoms with E-state index < -0.39 is 11.4 Å². The number of carbonyl (C=O) groups excluding carboxylic acids is 1. The zero-order chi connectivity index (χ0) is 16.0. The molecule has 1 aromatic rings. The molecule has 5 nitrogen and oxygen atoms in total. The van der Waals surface area contributed by atoms with Crippen molar-refractivity contribution in [2.45, 2.75) is 32.1 Å².